The zero-order chi connectivity index (χ0) is 20.1. The quantitative estimate of drug-likeness (QED) is 0.731. The van der Waals surface area contributed by atoms with Crippen LogP contribution in [-0.4, -0.2) is 34.0 Å². The van der Waals surface area contributed by atoms with Crippen LogP contribution in [0.3, 0.4) is 0 Å². The summed E-state index contributed by atoms with van der Waals surface area (Å²) >= 11 is 0. The van der Waals surface area contributed by atoms with E-state index in [2.05, 4.69) is 43.4 Å². The van der Waals surface area contributed by atoms with Crippen molar-refractivity contribution in [2.24, 2.45) is 5.92 Å². The smallest absolute Gasteiger partial charge is 0.161 e. The maximum Gasteiger partial charge on any atom is 0.161 e. The van der Waals surface area contributed by atoms with Gasteiger partial charge in [-0.05, 0) is 60.2 Å². The Hall–Kier alpha value is -2.40. The molecule has 0 amide bonds. The van der Waals surface area contributed by atoms with E-state index in [-0.39, 0.29) is 6.04 Å². The lowest BCUT2D eigenvalue weighted by Crippen LogP contribution is -2.30. The number of methoxy groups -OCH3 is 2. The van der Waals surface area contributed by atoms with Gasteiger partial charge in [-0.15, -0.1) is 0 Å². The van der Waals surface area contributed by atoms with Crippen molar-refractivity contribution < 1.29 is 18.9 Å². The minimum atomic E-state index is 0.0712. The highest BCUT2D eigenvalue weighted by atomic mass is 16.5. The molecule has 5 nitrogen and oxygen atoms in total. The van der Waals surface area contributed by atoms with E-state index in [0.29, 0.717) is 19.1 Å². The molecule has 1 heterocycles. The van der Waals surface area contributed by atoms with E-state index in [0.717, 1.165) is 41.5 Å². The number of ether oxygens (including phenoxy) is 4. The summed E-state index contributed by atoms with van der Waals surface area (Å²) in [6.07, 6.45) is 0.960. The highest BCUT2D eigenvalue weighted by molar-refractivity contribution is 5.53. The van der Waals surface area contributed by atoms with Gasteiger partial charge >= 0.3 is 0 Å². The first kappa shape index (κ1) is 20.3. The number of nitrogens with one attached hydrogen (secondary N) is 1. The zero-order valence-electron chi connectivity index (χ0n) is 17.5. The summed E-state index contributed by atoms with van der Waals surface area (Å²) in [4.78, 5) is 0. The summed E-state index contributed by atoms with van der Waals surface area (Å²) < 4.78 is 22.8. The molecule has 1 unspecified atom stereocenters. The maximum absolute atomic E-state index is 5.90. The maximum atomic E-state index is 5.90. The largest absolute Gasteiger partial charge is 0.493 e. The summed E-state index contributed by atoms with van der Waals surface area (Å²) in [5.41, 5.74) is 3.64. The zero-order valence-corrected chi connectivity index (χ0v) is 17.5. The Morgan fingerprint density at radius 3 is 2.39 bits per heavy atom. The van der Waals surface area contributed by atoms with Gasteiger partial charge < -0.3 is 24.3 Å². The molecule has 0 radical (unpaired) electrons. The number of hydrogen-bond donors (Lipinski definition) is 1. The fourth-order valence-corrected chi connectivity index (χ4v) is 3.53. The molecular weight excluding hydrogens is 354 g/mol. The molecular formula is C23H31NO4. The highest BCUT2D eigenvalue weighted by Gasteiger charge is 2.25. The first-order chi connectivity index (χ1) is 13.6. The lowest BCUT2D eigenvalue weighted by atomic mass is 9.89. The average molecular weight is 386 g/mol. The predicted octanol–water partition coefficient (Wildman–Crippen LogP) is 4.37. The van der Waals surface area contributed by atoms with E-state index >= 15 is 0 Å². The standard InChI is InChI=1S/C23H31NO4/c1-6-27-22-13-18-16(11-21(22)26-5)9-10-24-23(18)17-7-8-19(20(12-17)25-4)28-14-15(2)3/h7-8,11-13,15,23-24H,6,9-10,14H2,1-5H3. The van der Waals surface area contributed by atoms with Gasteiger partial charge in [0.1, 0.15) is 0 Å². The first-order valence-corrected chi connectivity index (χ1v) is 9.95. The molecule has 1 N–H and O–H groups in total. The van der Waals surface area contributed by atoms with E-state index in [9.17, 15) is 0 Å². The average Bonchev–Trinajstić information content (AvgIpc) is 2.71. The van der Waals surface area contributed by atoms with Gasteiger partial charge in [0, 0.05) is 6.54 Å². The minimum Gasteiger partial charge on any atom is -0.493 e. The molecule has 0 bridgehead atoms. The molecule has 2 aromatic rings. The first-order valence-electron chi connectivity index (χ1n) is 9.95. The molecule has 1 aliphatic rings. The molecule has 5 heteroatoms. The van der Waals surface area contributed by atoms with E-state index in [4.69, 9.17) is 18.9 Å². The molecule has 152 valence electrons. The molecule has 2 aromatic carbocycles. The van der Waals surface area contributed by atoms with E-state index in [1.54, 1.807) is 14.2 Å². The van der Waals surface area contributed by atoms with Gasteiger partial charge in [0.05, 0.1) is 33.5 Å². The molecule has 28 heavy (non-hydrogen) atoms. The van der Waals surface area contributed by atoms with Crippen molar-refractivity contribution >= 4 is 0 Å². The Morgan fingerprint density at radius 2 is 1.71 bits per heavy atom. The topological polar surface area (TPSA) is 49.0 Å². The summed E-state index contributed by atoms with van der Waals surface area (Å²) in [6, 6.07) is 10.4. The van der Waals surface area contributed by atoms with Gasteiger partial charge in [-0.2, -0.15) is 0 Å². The number of fused-ring (bicyclic) bond motifs is 1. The van der Waals surface area contributed by atoms with E-state index in [1.165, 1.54) is 11.1 Å². The van der Waals surface area contributed by atoms with Gasteiger partial charge in [-0.25, -0.2) is 0 Å². The Kier molecular flexibility index (Phi) is 6.68. The molecule has 0 fully saturated rings. The second kappa shape index (κ2) is 9.20. The van der Waals surface area contributed by atoms with Gasteiger partial charge in [0.25, 0.3) is 0 Å². The van der Waals surface area contributed by atoms with E-state index < -0.39 is 0 Å². The van der Waals surface area contributed by atoms with Crippen molar-refractivity contribution in [3.63, 3.8) is 0 Å². The second-order valence-electron chi connectivity index (χ2n) is 7.39. The van der Waals surface area contributed by atoms with Crippen LogP contribution in [0.1, 0.15) is 43.5 Å². The van der Waals surface area contributed by atoms with E-state index in [1.807, 2.05) is 13.0 Å². The van der Waals surface area contributed by atoms with Crippen molar-refractivity contribution in [2.75, 3.05) is 34.0 Å². The normalized spacial score (nSPS) is 15.9. The van der Waals surface area contributed by atoms with Gasteiger partial charge in [0.2, 0.25) is 0 Å². The Balaban J connectivity index is 1.96. The molecule has 0 aliphatic carbocycles. The van der Waals surface area contributed by atoms with Crippen LogP contribution >= 0.6 is 0 Å². The summed E-state index contributed by atoms with van der Waals surface area (Å²) in [6.45, 7) is 8.42. The monoisotopic (exact) mass is 385 g/mol. The summed E-state index contributed by atoms with van der Waals surface area (Å²) in [7, 11) is 3.37. The van der Waals surface area contributed by atoms with Crippen molar-refractivity contribution in [1.82, 2.24) is 5.32 Å². The third kappa shape index (κ3) is 4.36. The summed E-state index contributed by atoms with van der Waals surface area (Å²) in [5.74, 6) is 3.56. The molecule has 1 atom stereocenters. The third-order valence-corrected chi connectivity index (χ3v) is 4.87. The minimum absolute atomic E-state index is 0.0712. The molecule has 0 saturated heterocycles. The van der Waals surface area contributed by atoms with Gasteiger partial charge in [-0.3, -0.25) is 0 Å². The lowest BCUT2D eigenvalue weighted by Gasteiger charge is -2.29. The highest BCUT2D eigenvalue weighted by Crippen LogP contribution is 2.39. The second-order valence-corrected chi connectivity index (χ2v) is 7.39. The lowest BCUT2D eigenvalue weighted by molar-refractivity contribution is 0.256. The SMILES string of the molecule is CCOc1cc2c(cc1OC)CCNC2c1ccc(OCC(C)C)c(OC)c1. The number of hydrogen-bond acceptors (Lipinski definition) is 5. The Morgan fingerprint density at radius 1 is 0.964 bits per heavy atom. The third-order valence-electron chi connectivity index (χ3n) is 4.87. The molecule has 0 saturated carbocycles. The van der Waals surface area contributed by atoms with Crippen LogP contribution in [0.5, 0.6) is 23.0 Å². The molecule has 3 rings (SSSR count). The van der Waals surface area contributed by atoms with Crippen LogP contribution in [-0.2, 0) is 6.42 Å². The number of rotatable bonds is 8. The van der Waals surface area contributed by atoms with Crippen LogP contribution in [0.25, 0.3) is 0 Å². The van der Waals surface area contributed by atoms with Crippen molar-refractivity contribution in [2.45, 2.75) is 33.2 Å². The fraction of sp³-hybridized carbons (Fsp3) is 0.478. The summed E-state index contributed by atoms with van der Waals surface area (Å²) in [5, 5.41) is 3.63. The van der Waals surface area contributed by atoms with Gasteiger partial charge in [-0.1, -0.05) is 19.9 Å². The molecule has 0 spiro atoms. The van der Waals surface area contributed by atoms with Crippen LogP contribution in [0.15, 0.2) is 30.3 Å². The fourth-order valence-electron chi connectivity index (χ4n) is 3.53. The van der Waals surface area contributed by atoms with Crippen LogP contribution in [0.2, 0.25) is 0 Å². The predicted molar refractivity (Wildman–Crippen MR) is 111 cm³/mol. The van der Waals surface area contributed by atoms with Crippen LogP contribution in [0.4, 0.5) is 0 Å². The Bertz CT molecular complexity index is 803. The van der Waals surface area contributed by atoms with Gasteiger partial charge in [0.15, 0.2) is 23.0 Å². The molecule has 1 aliphatic heterocycles. The van der Waals surface area contributed by atoms with Crippen LogP contribution < -0.4 is 24.3 Å². The van der Waals surface area contributed by atoms with Crippen molar-refractivity contribution in [3.05, 3.63) is 47.0 Å². The molecule has 0 aromatic heterocycles. The number of benzene rings is 2. The van der Waals surface area contributed by atoms with Crippen molar-refractivity contribution in [3.8, 4) is 23.0 Å². The van der Waals surface area contributed by atoms with Crippen molar-refractivity contribution in [1.29, 1.82) is 0 Å². The Labute approximate surface area is 168 Å². The van der Waals surface area contributed by atoms with Crippen LogP contribution in [0, 0.1) is 5.92 Å².